The molecule has 5 heteroatoms. The predicted octanol–water partition coefficient (Wildman–Crippen LogP) is 3.38. The highest BCUT2D eigenvalue weighted by molar-refractivity contribution is 6.30. The van der Waals surface area contributed by atoms with Crippen LogP contribution in [0.3, 0.4) is 0 Å². The van der Waals surface area contributed by atoms with Gasteiger partial charge in [-0.15, -0.1) is 0 Å². The molecule has 0 spiro atoms. The van der Waals surface area contributed by atoms with Gasteiger partial charge in [-0.25, -0.2) is 4.39 Å². The summed E-state index contributed by atoms with van der Waals surface area (Å²) in [7, 11) is 3.92. The highest BCUT2D eigenvalue weighted by atomic mass is 35.5. The fourth-order valence-corrected chi connectivity index (χ4v) is 2.46. The zero-order chi connectivity index (χ0) is 16.8. The molecule has 3 nitrogen and oxygen atoms in total. The third-order valence-electron chi connectivity index (χ3n) is 3.72. The number of hydrogen-bond donors (Lipinski definition) is 1. The summed E-state index contributed by atoms with van der Waals surface area (Å²) in [6.45, 7) is 0.433. The van der Waals surface area contributed by atoms with Crippen LogP contribution >= 0.6 is 11.6 Å². The van der Waals surface area contributed by atoms with Crippen molar-refractivity contribution < 1.29 is 9.18 Å². The Morgan fingerprint density at radius 3 is 2.52 bits per heavy atom. The average Bonchev–Trinajstić information content (AvgIpc) is 2.51. The van der Waals surface area contributed by atoms with Crippen LogP contribution in [0.4, 0.5) is 4.39 Å². The molecule has 0 radical (unpaired) electrons. The lowest BCUT2D eigenvalue weighted by molar-refractivity contribution is 0.0937. The molecule has 0 aromatic heterocycles. The summed E-state index contributed by atoms with van der Waals surface area (Å²) in [6.07, 6.45) is 0.803. The summed E-state index contributed by atoms with van der Waals surface area (Å²) < 4.78 is 13.8. The fourth-order valence-electron chi connectivity index (χ4n) is 2.30. The molecule has 1 N–H and O–H groups in total. The first-order valence-electron chi connectivity index (χ1n) is 7.41. The van der Waals surface area contributed by atoms with E-state index in [2.05, 4.69) is 17.4 Å². The molecule has 0 saturated heterocycles. The van der Waals surface area contributed by atoms with Crippen LogP contribution in [0.15, 0.2) is 48.5 Å². The minimum absolute atomic E-state index is 0.00613. The van der Waals surface area contributed by atoms with E-state index < -0.39 is 11.7 Å². The van der Waals surface area contributed by atoms with Crippen molar-refractivity contribution in [3.8, 4) is 0 Å². The van der Waals surface area contributed by atoms with Gasteiger partial charge in [0.2, 0.25) is 0 Å². The lowest BCUT2D eigenvalue weighted by Gasteiger charge is -2.25. The molecule has 122 valence electrons. The minimum atomic E-state index is -0.612. The van der Waals surface area contributed by atoms with E-state index in [0.717, 1.165) is 12.5 Å². The number of nitrogens with one attached hydrogen (secondary N) is 1. The zero-order valence-corrected chi connectivity index (χ0v) is 14.0. The first kappa shape index (κ1) is 17.4. The van der Waals surface area contributed by atoms with Crippen LogP contribution in [-0.2, 0) is 6.42 Å². The molecule has 1 atom stereocenters. The highest BCUT2D eigenvalue weighted by Crippen LogP contribution is 2.14. The largest absolute Gasteiger partial charge is 0.350 e. The molecule has 0 heterocycles. The first-order chi connectivity index (χ1) is 11.0. The average molecular weight is 335 g/mol. The van der Waals surface area contributed by atoms with Crippen LogP contribution in [0.5, 0.6) is 0 Å². The summed E-state index contributed by atoms with van der Waals surface area (Å²) in [5, 5.41) is 3.07. The van der Waals surface area contributed by atoms with Gasteiger partial charge >= 0.3 is 0 Å². The minimum Gasteiger partial charge on any atom is -0.350 e. The molecule has 1 amide bonds. The number of rotatable bonds is 6. The lowest BCUT2D eigenvalue weighted by Crippen LogP contribution is -2.41. The van der Waals surface area contributed by atoms with Gasteiger partial charge in [0.1, 0.15) is 5.82 Å². The van der Waals surface area contributed by atoms with Crippen LogP contribution in [0, 0.1) is 5.82 Å². The van der Waals surface area contributed by atoms with Crippen LogP contribution < -0.4 is 5.32 Å². The van der Waals surface area contributed by atoms with Crippen LogP contribution in [0.2, 0.25) is 5.02 Å². The number of benzene rings is 2. The number of carbonyl (C=O) groups is 1. The van der Waals surface area contributed by atoms with Crippen molar-refractivity contribution in [3.63, 3.8) is 0 Å². The monoisotopic (exact) mass is 334 g/mol. The van der Waals surface area contributed by atoms with Crippen molar-refractivity contribution in [3.05, 3.63) is 70.5 Å². The van der Waals surface area contributed by atoms with E-state index in [1.807, 2.05) is 37.2 Å². The summed E-state index contributed by atoms with van der Waals surface area (Å²) in [5.74, 6) is -1.04. The Balaban J connectivity index is 1.99. The third-order valence-corrected chi connectivity index (χ3v) is 3.95. The molecule has 1 unspecified atom stereocenters. The summed E-state index contributed by atoms with van der Waals surface area (Å²) in [5.41, 5.74) is 1.20. The molecule has 0 aliphatic rings. The molecule has 2 aromatic carbocycles. The summed E-state index contributed by atoms with van der Waals surface area (Å²) in [4.78, 5) is 14.2. The van der Waals surface area contributed by atoms with Gasteiger partial charge in [0, 0.05) is 17.6 Å². The van der Waals surface area contributed by atoms with E-state index in [4.69, 9.17) is 11.6 Å². The third kappa shape index (κ3) is 5.05. The molecule has 0 saturated carbocycles. The van der Waals surface area contributed by atoms with Crippen molar-refractivity contribution in [2.24, 2.45) is 0 Å². The molecule has 2 aromatic rings. The van der Waals surface area contributed by atoms with Crippen molar-refractivity contribution in [2.45, 2.75) is 12.5 Å². The fraction of sp³-hybridized carbons (Fsp3) is 0.278. The maximum Gasteiger partial charge on any atom is 0.254 e. The Labute approximate surface area is 141 Å². The van der Waals surface area contributed by atoms with Crippen molar-refractivity contribution >= 4 is 17.5 Å². The van der Waals surface area contributed by atoms with Gasteiger partial charge in [-0.05, 0) is 44.3 Å². The Kier molecular flexibility index (Phi) is 6.13. The molecule has 0 fully saturated rings. The number of halogens is 2. The van der Waals surface area contributed by atoms with E-state index >= 15 is 0 Å². The first-order valence-corrected chi connectivity index (χ1v) is 7.79. The van der Waals surface area contributed by atoms with E-state index in [9.17, 15) is 9.18 Å². The number of amides is 1. The quantitative estimate of drug-likeness (QED) is 0.878. The second-order valence-corrected chi connectivity index (χ2v) is 6.08. The van der Waals surface area contributed by atoms with Gasteiger partial charge in [0.05, 0.1) is 5.56 Å². The van der Waals surface area contributed by atoms with E-state index in [1.54, 1.807) is 0 Å². The second-order valence-electron chi connectivity index (χ2n) is 5.64. The van der Waals surface area contributed by atoms with Crippen molar-refractivity contribution in [1.82, 2.24) is 10.2 Å². The van der Waals surface area contributed by atoms with E-state index in [0.29, 0.717) is 6.54 Å². The van der Waals surface area contributed by atoms with Gasteiger partial charge < -0.3 is 10.2 Å². The number of hydrogen-bond acceptors (Lipinski definition) is 2. The topological polar surface area (TPSA) is 32.3 Å². The molecule has 0 bridgehead atoms. The Bertz CT molecular complexity index is 661. The summed E-state index contributed by atoms with van der Waals surface area (Å²) in [6, 6.07) is 14.2. The van der Waals surface area contributed by atoms with E-state index in [1.165, 1.54) is 17.7 Å². The smallest absolute Gasteiger partial charge is 0.254 e. The highest BCUT2D eigenvalue weighted by Gasteiger charge is 2.16. The normalized spacial score (nSPS) is 12.2. The van der Waals surface area contributed by atoms with Crippen molar-refractivity contribution in [1.29, 1.82) is 0 Å². The molecular weight excluding hydrogens is 315 g/mol. The zero-order valence-electron chi connectivity index (χ0n) is 13.2. The van der Waals surface area contributed by atoms with Gasteiger partial charge in [0.15, 0.2) is 0 Å². The maximum absolute atomic E-state index is 13.8. The van der Waals surface area contributed by atoms with Gasteiger partial charge in [-0.2, -0.15) is 0 Å². The predicted molar refractivity (Wildman–Crippen MR) is 91.4 cm³/mol. The lowest BCUT2D eigenvalue weighted by atomic mass is 10.0. The molecule has 23 heavy (non-hydrogen) atoms. The Morgan fingerprint density at radius 2 is 1.91 bits per heavy atom. The molecule has 2 rings (SSSR count). The number of carbonyl (C=O) groups excluding carboxylic acids is 1. The van der Waals surface area contributed by atoms with Crippen LogP contribution in [-0.4, -0.2) is 37.5 Å². The Morgan fingerprint density at radius 1 is 1.22 bits per heavy atom. The van der Waals surface area contributed by atoms with Gasteiger partial charge in [-0.1, -0.05) is 41.9 Å². The van der Waals surface area contributed by atoms with E-state index in [-0.39, 0.29) is 16.6 Å². The van der Waals surface area contributed by atoms with Gasteiger partial charge in [-0.3, -0.25) is 4.79 Å². The molecule has 0 aliphatic heterocycles. The number of likely N-dealkylation sites (N-methyl/N-ethyl adjacent to an activating group) is 1. The molecular formula is C18H20ClFN2O. The molecule has 0 aliphatic carbocycles. The second kappa shape index (κ2) is 8.09. The standard InChI is InChI=1S/C18H20ClFN2O/c1-22(2)15(10-13-6-4-3-5-7-13)12-21-18(23)16-9-8-14(19)11-17(16)20/h3-9,11,15H,10,12H2,1-2H3,(H,21,23). The SMILES string of the molecule is CN(C)C(CNC(=O)c1ccc(Cl)cc1F)Cc1ccccc1. The van der Waals surface area contributed by atoms with Crippen LogP contribution in [0.1, 0.15) is 15.9 Å². The van der Waals surface area contributed by atoms with Crippen LogP contribution in [0.25, 0.3) is 0 Å². The number of nitrogens with zero attached hydrogens (tertiary/aromatic N) is 1. The maximum atomic E-state index is 13.8. The van der Waals surface area contributed by atoms with Gasteiger partial charge in [0.25, 0.3) is 5.91 Å². The Hall–Kier alpha value is -1.91. The van der Waals surface area contributed by atoms with Crippen molar-refractivity contribution in [2.75, 3.05) is 20.6 Å². The summed E-state index contributed by atoms with van der Waals surface area (Å²) >= 11 is 5.70.